The normalized spacial score (nSPS) is 13.5. The molecule has 1 rings (SSSR count). The molecule has 0 aliphatic carbocycles. The van der Waals surface area contributed by atoms with Crippen molar-refractivity contribution in [2.24, 2.45) is 0 Å². The lowest BCUT2D eigenvalue weighted by molar-refractivity contribution is -0.140. The molecule has 0 spiro atoms. The first-order valence-corrected chi connectivity index (χ1v) is 8.05. The molecule has 3 N–H and O–H groups in total. The van der Waals surface area contributed by atoms with E-state index in [2.05, 4.69) is 31.4 Å². The highest BCUT2D eigenvalue weighted by atomic mass is 35.5. The van der Waals surface area contributed by atoms with Gasteiger partial charge in [-0.2, -0.15) is 0 Å². The minimum Gasteiger partial charge on any atom is -0.480 e. The minimum atomic E-state index is -0.930. The van der Waals surface area contributed by atoms with E-state index in [0.717, 1.165) is 6.42 Å². The first-order chi connectivity index (χ1) is 10.6. The number of hydrogen-bond acceptors (Lipinski definition) is 3. The Morgan fingerprint density at radius 2 is 1.71 bits per heavy atom. The fourth-order valence-corrected chi connectivity index (χ4v) is 2.25. The van der Waals surface area contributed by atoms with Crippen LogP contribution in [0.2, 0.25) is 0 Å². The third-order valence-corrected chi connectivity index (χ3v) is 3.74. The zero-order chi connectivity index (χ0) is 17.6. The molecule has 0 aromatic heterocycles. The van der Waals surface area contributed by atoms with Gasteiger partial charge in [-0.1, -0.05) is 46.2 Å². The molecule has 0 bridgehead atoms. The molecule has 5 nitrogen and oxygen atoms in total. The number of nitrogens with one attached hydrogen (secondary N) is 2. The largest absolute Gasteiger partial charge is 0.480 e. The Morgan fingerprint density at radius 1 is 1.17 bits per heavy atom. The van der Waals surface area contributed by atoms with Crippen molar-refractivity contribution < 1.29 is 14.7 Å². The highest BCUT2D eigenvalue weighted by Gasteiger charge is 2.22. The van der Waals surface area contributed by atoms with Crippen molar-refractivity contribution in [2.45, 2.75) is 65.0 Å². The summed E-state index contributed by atoms with van der Waals surface area (Å²) in [6.45, 7) is 9.98. The Hall–Kier alpha value is -1.59. The van der Waals surface area contributed by atoms with Crippen molar-refractivity contribution in [3.05, 3.63) is 29.8 Å². The van der Waals surface area contributed by atoms with Crippen LogP contribution in [0.3, 0.4) is 0 Å². The topological polar surface area (TPSA) is 78.4 Å². The summed E-state index contributed by atoms with van der Waals surface area (Å²) in [7, 11) is 0. The van der Waals surface area contributed by atoms with Crippen molar-refractivity contribution >= 4 is 30.0 Å². The standard InChI is InChI=1S/C18H28N2O3.ClH/c1-6-7-15(17(22)23)19-12(2)16(21)20-14-10-8-13(9-11-14)18(3,4)5;/h8-12,15,19H,6-7H2,1-5H3,(H,20,21)(H,22,23);1H. The molecular weight excluding hydrogens is 328 g/mol. The van der Waals surface area contributed by atoms with Crippen LogP contribution in [-0.4, -0.2) is 29.1 Å². The van der Waals surface area contributed by atoms with Crippen LogP contribution in [-0.2, 0) is 15.0 Å². The summed E-state index contributed by atoms with van der Waals surface area (Å²) < 4.78 is 0. The van der Waals surface area contributed by atoms with Crippen LogP contribution in [0.4, 0.5) is 5.69 Å². The van der Waals surface area contributed by atoms with Gasteiger partial charge in [0.15, 0.2) is 0 Å². The van der Waals surface area contributed by atoms with Crippen LogP contribution in [0.15, 0.2) is 24.3 Å². The number of halogens is 1. The molecule has 0 heterocycles. The SMILES string of the molecule is CCCC(NC(C)C(=O)Nc1ccc(C(C)(C)C)cc1)C(=O)O.Cl. The lowest BCUT2D eigenvalue weighted by Crippen LogP contribution is -2.47. The zero-order valence-electron chi connectivity index (χ0n) is 15.1. The number of carbonyl (C=O) groups excluding carboxylic acids is 1. The summed E-state index contributed by atoms with van der Waals surface area (Å²) in [6.07, 6.45) is 1.24. The summed E-state index contributed by atoms with van der Waals surface area (Å²) in [5, 5.41) is 14.8. The number of amides is 1. The molecule has 0 aliphatic heterocycles. The number of aliphatic carboxylic acids is 1. The maximum Gasteiger partial charge on any atom is 0.320 e. The second-order valence-electron chi connectivity index (χ2n) is 6.88. The Balaban J connectivity index is 0.00000529. The van der Waals surface area contributed by atoms with Gasteiger partial charge in [0.05, 0.1) is 6.04 Å². The zero-order valence-corrected chi connectivity index (χ0v) is 15.9. The van der Waals surface area contributed by atoms with Crippen molar-refractivity contribution in [2.75, 3.05) is 5.32 Å². The summed E-state index contributed by atoms with van der Waals surface area (Å²) in [4.78, 5) is 23.3. The fraction of sp³-hybridized carbons (Fsp3) is 0.556. The quantitative estimate of drug-likeness (QED) is 0.697. The third kappa shape index (κ3) is 6.89. The molecule has 1 aromatic rings. The smallest absolute Gasteiger partial charge is 0.320 e. The number of carboxylic acid groups (broad SMARTS) is 1. The van der Waals surface area contributed by atoms with Gasteiger partial charge in [0.25, 0.3) is 0 Å². The number of carboxylic acids is 1. The molecule has 136 valence electrons. The Labute approximate surface area is 150 Å². The molecular formula is C18H29ClN2O3. The van der Waals surface area contributed by atoms with Gasteiger partial charge in [-0.25, -0.2) is 0 Å². The van der Waals surface area contributed by atoms with Crippen LogP contribution >= 0.6 is 12.4 Å². The highest BCUT2D eigenvalue weighted by molar-refractivity contribution is 5.95. The molecule has 0 fully saturated rings. The number of rotatable bonds is 7. The van der Waals surface area contributed by atoms with Crippen molar-refractivity contribution in [1.29, 1.82) is 0 Å². The first-order valence-electron chi connectivity index (χ1n) is 8.05. The molecule has 2 atom stereocenters. The molecule has 0 saturated heterocycles. The van der Waals surface area contributed by atoms with Crippen molar-refractivity contribution in [3.8, 4) is 0 Å². The number of hydrogen-bond donors (Lipinski definition) is 3. The van der Waals surface area contributed by atoms with Crippen molar-refractivity contribution in [1.82, 2.24) is 5.32 Å². The molecule has 1 aromatic carbocycles. The van der Waals surface area contributed by atoms with E-state index in [-0.39, 0.29) is 23.7 Å². The first kappa shape index (κ1) is 22.4. The average molecular weight is 357 g/mol. The molecule has 24 heavy (non-hydrogen) atoms. The van der Waals surface area contributed by atoms with E-state index < -0.39 is 18.1 Å². The maximum absolute atomic E-state index is 12.2. The summed E-state index contributed by atoms with van der Waals surface area (Å²) in [6, 6.07) is 6.43. The van der Waals surface area contributed by atoms with E-state index in [1.165, 1.54) is 5.56 Å². The van der Waals surface area contributed by atoms with Crippen LogP contribution in [0.5, 0.6) is 0 Å². The Bertz CT molecular complexity index is 538. The lowest BCUT2D eigenvalue weighted by atomic mass is 9.87. The predicted molar refractivity (Wildman–Crippen MR) is 99.9 cm³/mol. The molecule has 2 unspecified atom stereocenters. The fourth-order valence-electron chi connectivity index (χ4n) is 2.25. The summed E-state index contributed by atoms with van der Waals surface area (Å²) >= 11 is 0. The van der Waals surface area contributed by atoms with E-state index in [9.17, 15) is 9.59 Å². The van der Waals surface area contributed by atoms with Gasteiger partial charge in [0.1, 0.15) is 6.04 Å². The van der Waals surface area contributed by atoms with Crippen LogP contribution in [0, 0.1) is 0 Å². The van der Waals surface area contributed by atoms with Gasteiger partial charge < -0.3 is 10.4 Å². The van der Waals surface area contributed by atoms with Crippen LogP contribution < -0.4 is 10.6 Å². The molecule has 1 amide bonds. The third-order valence-electron chi connectivity index (χ3n) is 3.74. The molecule has 0 saturated carbocycles. The number of anilines is 1. The van der Waals surface area contributed by atoms with Gasteiger partial charge in [-0.05, 0) is 36.5 Å². The molecule has 0 radical (unpaired) electrons. The van der Waals surface area contributed by atoms with Gasteiger partial charge in [0.2, 0.25) is 5.91 Å². The van der Waals surface area contributed by atoms with Crippen LogP contribution in [0.1, 0.15) is 53.0 Å². The van der Waals surface area contributed by atoms with Crippen molar-refractivity contribution in [3.63, 3.8) is 0 Å². The second kappa shape index (κ2) is 9.64. The predicted octanol–water partition coefficient (Wildman–Crippen LogP) is 3.58. The molecule has 6 heteroatoms. The Morgan fingerprint density at radius 3 is 2.12 bits per heavy atom. The summed E-state index contributed by atoms with van der Waals surface area (Å²) in [5.74, 6) is -1.17. The van der Waals surface area contributed by atoms with E-state index in [0.29, 0.717) is 12.1 Å². The van der Waals surface area contributed by atoms with Gasteiger partial charge in [-0.15, -0.1) is 12.4 Å². The molecule has 0 aliphatic rings. The van der Waals surface area contributed by atoms with E-state index in [1.54, 1.807) is 6.92 Å². The minimum absolute atomic E-state index is 0. The van der Waals surface area contributed by atoms with E-state index >= 15 is 0 Å². The lowest BCUT2D eigenvalue weighted by Gasteiger charge is -2.21. The van der Waals surface area contributed by atoms with Gasteiger partial charge in [0, 0.05) is 5.69 Å². The number of carbonyl (C=O) groups is 2. The van der Waals surface area contributed by atoms with Gasteiger partial charge in [-0.3, -0.25) is 14.9 Å². The maximum atomic E-state index is 12.2. The van der Waals surface area contributed by atoms with E-state index in [1.807, 2.05) is 31.2 Å². The Kier molecular flexibility index (Phi) is 9.01. The monoisotopic (exact) mass is 356 g/mol. The highest BCUT2D eigenvalue weighted by Crippen LogP contribution is 2.23. The average Bonchev–Trinajstić information content (AvgIpc) is 2.46. The second-order valence-corrected chi connectivity index (χ2v) is 6.88. The number of benzene rings is 1. The summed E-state index contributed by atoms with van der Waals surface area (Å²) in [5.41, 5.74) is 1.96. The van der Waals surface area contributed by atoms with Gasteiger partial charge >= 0.3 is 5.97 Å². The van der Waals surface area contributed by atoms with Crippen LogP contribution in [0.25, 0.3) is 0 Å². The van der Waals surface area contributed by atoms with E-state index in [4.69, 9.17) is 5.11 Å².